The van der Waals surface area contributed by atoms with Crippen molar-refractivity contribution in [2.75, 3.05) is 13.1 Å². The average Bonchev–Trinajstić information content (AvgIpc) is 3.29. The van der Waals surface area contributed by atoms with Crippen molar-refractivity contribution >= 4 is 11.8 Å². The first-order chi connectivity index (χ1) is 10.5. The van der Waals surface area contributed by atoms with E-state index in [9.17, 15) is 9.59 Å². The molecule has 0 aliphatic carbocycles. The van der Waals surface area contributed by atoms with Gasteiger partial charge in [-0.25, -0.2) is 0 Å². The van der Waals surface area contributed by atoms with Gasteiger partial charge in [0.1, 0.15) is 0 Å². The number of likely N-dealkylation sites (tertiary alicyclic amines) is 1. The smallest absolute Gasteiger partial charge is 0.222 e. The normalized spacial score (nSPS) is 19.7. The molecule has 0 spiro atoms. The second-order valence-electron chi connectivity index (χ2n) is 6.22. The highest BCUT2D eigenvalue weighted by Crippen LogP contribution is 2.37. The summed E-state index contributed by atoms with van der Waals surface area (Å²) in [5.74, 6) is 3.03. The molecule has 2 N–H and O–H groups in total. The number of piperidine rings is 1. The zero-order valence-corrected chi connectivity index (χ0v) is 13.0. The van der Waals surface area contributed by atoms with Crippen LogP contribution < -0.4 is 5.73 Å². The molecule has 2 rings (SSSR count). The third-order valence-corrected chi connectivity index (χ3v) is 4.56. The van der Waals surface area contributed by atoms with Crippen LogP contribution >= 0.6 is 0 Å². The quantitative estimate of drug-likeness (QED) is 0.693. The molecule has 0 radical (unpaired) electrons. The van der Waals surface area contributed by atoms with Gasteiger partial charge >= 0.3 is 0 Å². The Kier molecular flexibility index (Phi) is 5.53. The summed E-state index contributed by atoms with van der Waals surface area (Å²) in [6.45, 7) is 1.54. The number of hydrogen-bond acceptors (Lipinski definition) is 4. The van der Waals surface area contributed by atoms with Crippen LogP contribution in [-0.4, -0.2) is 35.5 Å². The summed E-state index contributed by atoms with van der Waals surface area (Å²) in [5, 5.41) is 8.11. The molecule has 6 heteroatoms. The maximum Gasteiger partial charge on any atom is 0.222 e. The van der Waals surface area contributed by atoms with Crippen molar-refractivity contribution in [3.05, 3.63) is 0 Å². The fourth-order valence-corrected chi connectivity index (χ4v) is 2.95. The molecule has 1 fully saturated rings. The lowest BCUT2D eigenvalue weighted by Gasteiger charge is -2.32. The van der Waals surface area contributed by atoms with E-state index in [0.717, 1.165) is 38.8 Å². The van der Waals surface area contributed by atoms with E-state index in [0.29, 0.717) is 31.6 Å². The molecule has 120 valence electrons. The van der Waals surface area contributed by atoms with Crippen molar-refractivity contribution in [3.8, 4) is 12.3 Å². The van der Waals surface area contributed by atoms with Crippen molar-refractivity contribution in [2.45, 2.75) is 57.0 Å². The van der Waals surface area contributed by atoms with E-state index in [1.807, 2.05) is 4.90 Å². The van der Waals surface area contributed by atoms with E-state index in [2.05, 4.69) is 16.1 Å². The summed E-state index contributed by atoms with van der Waals surface area (Å²) in [7, 11) is 0. The van der Waals surface area contributed by atoms with E-state index in [4.69, 9.17) is 12.2 Å². The summed E-state index contributed by atoms with van der Waals surface area (Å²) in [5.41, 5.74) is 4.80. The first-order valence-electron chi connectivity index (χ1n) is 7.98. The number of nitrogens with two attached hydrogens (primary N) is 1. The Labute approximate surface area is 131 Å². The highest BCUT2D eigenvalue weighted by Gasteiger charge is 2.39. The van der Waals surface area contributed by atoms with Crippen LogP contribution in [0, 0.1) is 18.3 Å². The van der Waals surface area contributed by atoms with Gasteiger partial charge in [-0.3, -0.25) is 9.59 Å². The van der Waals surface area contributed by atoms with Gasteiger partial charge in [0.05, 0.1) is 0 Å². The topological polar surface area (TPSA) is 88.1 Å². The number of primary amides is 1. The van der Waals surface area contributed by atoms with Gasteiger partial charge in [-0.05, 0) is 25.2 Å². The monoisotopic (exact) mass is 304 g/mol. The van der Waals surface area contributed by atoms with E-state index >= 15 is 0 Å². The van der Waals surface area contributed by atoms with Crippen LogP contribution in [0.15, 0.2) is 10.2 Å². The Morgan fingerprint density at radius 3 is 2.45 bits per heavy atom. The molecular weight excluding hydrogens is 280 g/mol. The van der Waals surface area contributed by atoms with Gasteiger partial charge in [-0.1, -0.05) is 0 Å². The van der Waals surface area contributed by atoms with Crippen molar-refractivity contribution in [2.24, 2.45) is 21.9 Å². The number of nitrogens with zero attached hydrogens (tertiary/aromatic N) is 3. The summed E-state index contributed by atoms with van der Waals surface area (Å²) in [6.07, 6.45) is 11.0. The maximum absolute atomic E-state index is 12.2. The van der Waals surface area contributed by atoms with Crippen LogP contribution in [0.2, 0.25) is 0 Å². The molecular formula is C16H24N4O2. The molecule has 0 aromatic carbocycles. The van der Waals surface area contributed by atoms with Crippen LogP contribution in [0.3, 0.4) is 0 Å². The number of hydrogen-bond donors (Lipinski definition) is 1. The first kappa shape index (κ1) is 16.5. The highest BCUT2D eigenvalue weighted by atomic mass is 16.2. The Morgan fingerprint density at radius 2 is 1.91 bits per heavy atom. The molecule has 6 nitrogen and oxygen atoms in total. The Bertz CT molecular complexity index is 481. The Morgan fingerprint density at radius 1 is 1.23 bits per heavy atom. The minimum absolute atomic E-state index is 0.172. The van der Waals surface area contributed by atoms with Gasteiger partial charge in [0.15, 0.2) is 5.66 Å². The van der Waals surface area contributed by atoms with Crippen LogP contribution in [0.4, 0.5) is 0 Å². The van der Waals surface area contributed by atoms with E-state index in [1.165, 1.54) is 0 Å². The summed E-state index contributed by atoms with van der Waals surface area (Å²) in [6, 6.07) is 0. The van der Waals surface area contributed by atoms with Crippen LogP contribution in [0.1, 0.15) is 51.4 Å². The zero-order valence-electron chi connectivity index (χ0n) is 13.0. The second-order valence-corrected chi connectivity index (χ2v) is 6.22. The average molecular weight is 304 g/mol. The molecule has 0 unspecified atom stereocenters. The van der Waals surface area contributed by atoms with Crippen LogP contribution in [0.25, 0.3) is 0 Å². The molecule has 0 aromatic heterocycles. The van der Waals surface area contributed by atoms with Crippen molar-refractivity contribution < 1.29 is 9.59 Å². The van der Waals surface area contributed by atoms with E-state index < -0.39 is 0 Å². The predicted molar refractivity (Wildman–Crippen MR) is 82.6 cm³/mol. The van der Waals surface area contributed by atoms with Crippen molar-refractivity contribution in [1.29, 1.82) is 0 Å². The van der Waals surface area contributed by atoms with Gasteiger partial charge in [-0.15, -0.1) is 12.3 Å². The molecule has 0 saturated carbocycles. The van der Waals surface area contributed by atoms with Gasteiger partial charge in [-0.2, -0.15) is 10.2 Å². The van der Waals surface area contributed by atoms with Gasteiger partial charge in [0.2, 0.25) is 11.8 Å². The minimum atomic E-state index is -0.373. The molecule has 0 aromatic rings. The largest absolute Gasteiger partial charge is 0.370 e. The van der Waals surface area contributed by atoms with Gasteiger partial charge in [0, 0.05) is 45.2 Å². The number of amides is 2. The molecule has 1 saturated heterocycles. The van der Waals surface area contributed by atoms with E-state index in [-0.39, 0.29) is 17.5 Å². The molecule has 2 amide bonds. The maximum atomic E-state index is 12.2. The number of carbonyl (C=O) groups is 2. The molecule has 0 atom stereocenters. The highest BCUT2D eigenvalue weighted by molar-refractivity contribution is 5.76. The van der Waals surface area contributed by atoms with Gasteiger partial charge < -0.3 is 10.6 Å². The number of rotatable bonds is 8. The standard InChI is InChI=1S/C16H24N4O2/c1-2-3-9-16(18-19-16)10-6-15(22)20-11-7-13(8-12-20)4-5-14(17)21/h1,13H,3-12H2,(H2,17,21). The predicted octanol–water partition coefficient (Wildman–Crippen LogP) is 1.85. The van der Waals surface area contributed by atoms with Crippen LogP contribution in [-0.2, 0) is 9.59 Å². The SMILES string of the molecule is C#CCCC1(CCC(=O)N2CCC(CCC(N)=O)CC2)N=N1. The summed E-state index contributed by atoms with van der Waals surface area (Å²) in [4.78, 5) is 25.0. The summed E-state index contributed by atoms with van der Waals surface area (Å²) < 4.78 is 0. The fourth-order valence-electron chi connectivity index (χ4n) is 2.95. The first-order valence-corrected chi connectivity index (χ1v) is 7.98. The fraction of sp³-hybridized carbons (Fsp3) is 0.750. The number of terminal acetylenes is 1. The number of carbonyl (C=O) groups excluding carboxylic acids is 2. The van der Waals surface area contributed by atoms with Gasteiger partial charge in [0.25, 0.3) is 0 Å². The summed E-state index contributed by atoms with van der Waals surface area (Å²) >= 11 is 0. The van der Waals surface area contributed by atoms with Crippen molar-refractivity contribution in [3.63, 3.8) is 0 Å². The zero-order chi connectivity index (χ0) is 16.0. The Balaban J connectivity index is 1.65. The second kappa shape index (κ2) is 7.39. The molecule has 2 heterocycles. The lowest BCUT2D eigenvalue weighted by atomic mass is 9.91. The Hall–Kier alpha value is -1.90. The molecule has 2 aliphatic rings. The minimum Gasteiger partial charge on any atom is -0.370 e. The molecule has 0 bridgehead atoms. The third-order valence-electron chi connectivity index (χ3n) is 4.56. The van der Waals surface area contributed by atoms with Crippen molar-refractivity contribution in [1.82, 2.24) is 4.90 Å². The lowest BCUT2D eigenvalue weighted by molar-refractivity contribution is -0.133. The van der Waals surface area contributed by atoms with Crippen LogP contribution in [0.5, 0.6) is 0 Å². The third kappa shape index (κ3) is 4.83. The molecule has 22 heavy (non-hydrogen) atoms. The lowest BCUT2D eigenvalue weighted by Crippen LogP contribution is -2.39. The molecule has 2 aliphatic heterocycles. The van der Waals surface area contributed by atoms with E-state index in [1.54, 1.807) is 0 Å².